The van der Waals surface area contributed by atoms with E-state index in [0.29, 0.717) is 23.0 Å². The number of anilines is 1. The van der Waals surface area contributed by atoms with Gasteiger partial charge < -0.3 is 11.1 Å². The molecule has 1 unspecified atom stereocenters. The van der Waals surface area contributed by atoms with Crippen LogP contribution in [0.1, 0.15) is 26.2 Å². The zero-order chi connectivity index (χ0) is 15.3. The Balaban J connectivity index is 2.67. The zero-order valence-corrected chi connectivity index (χ0v) is 13.5. The summed E-state index contributed by atoms with van der Waals surface area (Å²) in [5, 5.41) is 7.72. The van der Waals surface area contributed by atoms with Gasteiger partial charge in [-0.25, -0.2) is 13.6 Å². The number of sulfonamides is 1. The number of benzene rings is 1. The molecular weight excluding hydrogens is 346 g/mol. The van der Waals surface area contributed by atoms with Crippen molar-refractivity contribution in [2.24, 2.45) is 10.9 Å². The minimum Gasteiger partial charge on any atom is -0.328 e. The summed E-state index contributed by atoms with van der Waals surface area (Å²) in [7, 11) is -3.75. The second-order valence-electron chi connectivity index (χ2n) is 4.60. The zero-order valence-electron chi connectivity index (χ0n) is 11.1. The Bertz CT molecular complexity index is 588. The molecular formula is C12H18BrN3O3S. The van der Waals surface area contributed by atoms with Gasteiger partial charge in [0.1, 0.15) is 0 Å². The SMILES string of the molecule is CC(N)CCCC(=O)Nc1ccc(S(N)(=O)=O)cc1Br. The van der Waals surface area contributed by atoms with E-state index in [1.807, 2.05) is 6.92 Å². The lowest BCUT2D eigenvalue weighted by Crippen LogP contribution is -2.17. The van der Waals surface area contributed by atoms with Crippen LogP contribution in [0.5, 0.6) is 0 Å². The first-order chi connectivity index (χ1) is 9.20. The molecule has 0 aromatic heterocycles. The van der Waals surface area contributed by atoms with Gasteiger partial charge in [0.15, 0.2) is 0 Å². The molecule has 0 spiro atoms. The van der Waals surface area contributed by atoms with E-state index in [1.165, 1.54) is 18.2 Å². The van der Waals surface area contributed by atoms with Gasteiger partial charge in [0.05, 0.1) is 10.6 Å². The summed E-state index contributed by atoms with van der Waals surface area (Å²) in [6.45, 7) is 1.89. The summed E-state index contributed by atoms with van der Waals surface area (Å²) in [4.78, 5) is 11.7. The van der Waals surface area contributed by atoms with Crippen molar-refractivity contribution in [2.75, 3.05) is 5.32 Å². The second kappa shape index (κ2) is 7.16. The Hall–Kier alpha value is -0.960. The summed E-state index contributed by atoms with van der Waals surface area (Å²) in [5.74, 6) is -0.144. The number of carbonyl (C=O) groups excluding carboxylic acids is 1. The van der Waals surface area contributed by atoms with E-state index in [0.717, 1.165) is 6.42 Å². The molecule has 1 amide bonds. The van der Waals surface area contributed by atoms with Crippen LogP contribution in [-0.4, -0.2) is 20.4 Å². The maximum Gasteiger partial charge on any atom is 0.238 e. The normalized spacial score (nSPS) is 13.0. The van der Waals surface area contributed by atoms with E-state index >= 15 is 0 Å². The minimum atomic E-state index is -3.75. The Labute approximate surface area is 127 Å². The van der Waals surface area contributed by atoms with Crippen LogP contribution in [0.4, 0.5) is 5.69 Å². The van der Waals surface area contributed by atoms with E-state index in [4.69, 9.17) is 10.9 Å². The number of nitrogens with two attached hydrogens (primary N) is 2. The topological polar surface area (TPSA) is 115 Å². The second-order valence-corrected chi connectivity index (χ2v) is 7.02. The Morgan fingerprint density at radius 1 is 1.45 bits per heavy atom. The van der Waals surface area contributed by atoms with E-state index in [9.17, 15) is 13.2 Å². The molecule has 112 valence electrons. The monoisotopic (exact) mass is 363 g/mol. The van der Waals surface area contributed by atoms with Crippen molar-refractivity contribution in [2.45, 2.75) is 37.1 Å². The number of rotatable bonds is 6. The van der Waals surface area contributed by atoms with Crippen molar-refractivity contribution < 1.29 is 13.2 Å². The Morgan fingerprint density at radius 3 is 2.60 bits per heavy atom. The highest BCUT2D eigenvalue weighted by molar-refractivity contribution is 9.10. The van der Waals surface area contributed by atoms with Gasteiger partial charge in [-0.1, -0.05) is 0 Å². The average molecular weight is 364 g/mol. The predicted octanol–water partition coefficient (Wildman–Crippen LogP) is 1.55. The van der Waals surface area contributed by atoms with Gasteiger partial charge in [-0.3, -0.25) is 4.79 Å². The first-order valence-electron chi connectivity index (χ1n) is 6.08. The van der Waals surface area contributed by atoms with Crippen LogP contribution in [0, 0.1) is 0 Å². The molecule has 0 saturated carbocycles. The highest BCUT2D eigenvalue weighted by Crippen LogP contribution is 2.25. The molecule has 0 bridgehead atoms. The molecule has 0 aliphatic carbocycles. The molecule has 0 radical (unpaired) electrons. The van der Waals surface area contributed by atoms with Gasteiger partial charge in [0.25, 0.3) is 0 Å². The van der Waals surface area contributed by atoms with Crippen LogP contribution in [0.15, 0.2) is 27.6 Å². The predicted molar refractivity (Wildman–Crippen MR) is 81.6 cm³/mol. The van der Waals surface area contributed by atoms with Crippen LogP contribution in [0.3, 0.4) is 0 Å². The van der Waals surface area contributed by atoms with E-state index < -0.39 is 10.0 Å². The lowest BCUT2D eigenvalue weighted by molar-refractivity contribution is -0.116. The van der Waals surface area contributed by atoms with Crippen LogP contribution in [-0.2, 0) is 14.8 Å². The third kappa shape index (κ3) is 5.58. The average Bonchev–Trinajstić information content (AvgIpc) is 2.29. The molecule has 0 aliphatic heterocycles. The van der Waals surface area contributed by atoms with Crippen molar-refractivity contribution in [3.05, 3.63) is 22.7 Å². The Morgan fingerprint density at radius 2 is 2.10 bits per heavy atom. The van der Waals surface area contributed by atoms with Crippen molar-refractivity contribution in [3.8, 4) is 0 Å². The third-order valence-electron chi connectivity index (χ3n) is 2.61. The van der Waals surface area contributed by atoms with Gasteiger partial charge in [0.2, 0.25) is 15.9 Å². The molecule has 0 saturated heterocycles. The quantitative estimate of drug-likeness (QED) is 0.710. The number of halogens is 1. The van der Waals surface area contributed by atoms with Gasteiger partial charge in [0, 0.05) is 16.9 Å². The van der Waals surface area contributed by atoms with Crippen LogP contribution in [0.2, 0.25) is 0 Å². The van der Waals surface area contributed by atoms with Crippen molar-refractivity contribution in [1.29, 1.82) is 0 Å². The first-order valence-corrected chi connectivity index (χ1v) is 8.42. The molecule has 5 N–H and O–H groups in total. The van der Waals surface area contributed by atoms with Gasteiger partial charge >= 0.3 is 0 Å². The molecule has 20 heavy (non-hydrogen) atoms. The standard InChI is InChI=1S/C12H18BrN3O3S/c1-8(14)3-2-4-12(17)16-11-6-5-9(7-10(11)13)20(15,18)19/h5-8H,2-4,14H2,1H3,(H,16,17)(H2,15,18,19). The van der Waals surface area contributed by atoms with Gasteiger partial charge in [-0.05, 0) is 53.9 Å². The lowest BCUT2D eigenvalue weighted by Gasteiger charge is -2.09. The Kier molecular flexibility index (Phi) is 6.12. The molecule has 1 rings (SSSR count). The van der Waals surface area contributed by atoms with Crippen molar-refractivity contribution in [3.63, 3.8) is 0 Å². The summed E-state index contributed by atoms with van der Waals surface area (Å²) in [6, 6.07) is 4.27. The fourth-order valence-corrected chi connectivity index (χ4v) is 2.74. The largest absolute Gasteiger partial charge is 0.328 e. The molecule has 8 heteroatoms. The molecule has 1 aromatic rings. The number of nitrogens with one attached hydrogen (secondary N) is 1. The minimum absolute atomic E-state index is 0.0145. The molecule has 6 nitrogen and oxygen atoms in total. The summed E-state index contributed by atoms with van der Waals surface area (Å²) < 4.78 is 22.8. The molecule has 0 aliphatic rings. The van der Waals surface area contributed by atoms with Crippen LogP contribution in [0.25, 0.3) is 0 Å². The van der Waals surface area contributed by atoms with Crippen molar-refractivity contribution in [1.82, 2.24) is 0 Å². The fraction of sp³-hybridized carbons (Fsp3) is 0.417. The number of carbonyl (C=O) groups is 1. The number of hydrogen-bond acceptors (Lipinski definition) is 4. The highest BCUT2D eigenvalue weighted by Gasteiger charge is 2.12. The first kappa shape index (κ1) is 17.1. The number of amides is 1. The van der Waals surface area contributed by atoms with Crippen LogP contribution < -0.4 is 16.2 Å². The fourth-order valence-electron chi connectivity index (χ4n) is 1.57. The van der Waals surface area contributed by atoms with E-state index in [1.54, 1.807) is 0 Å². The lowest BCUT2D eigenvalue weighted by atomic mass is 10.1. The molecule has 0 heterocycles. The van der Waals surface area contributed by atoms with Gasteiger partial charge in [-0.2, -0.15) is 0 Å². The highest BCUT2D eigenvalue weighted by atomic mass is 79.9. The third-order valence-corrected chi connectivity index (χ3v) is 4.17. The molecule has 1 aromatic carbocycles. The van der Waals surface area contributed by atoms with E-state index in [-0.39, 0.29) is 16.8 Å². The smallest absolute Gasteiger partial charge is 0.238 e. The van der Waals surface area contributed by atoms with Crippen LogP contribution >= 0.6 is 15.9 Å². The number of primary sulfonamides is 1. The summed E-state index contributed by atoms with van der Waals surface area (Å²) in [6.07, 6.45) is 1.85. The van der Waals surface area contributed by atoms with Crippen molar-refractivity contribution >= 4 is 37.5 Å². The maximum absolute atomic E-state index is 11.7. The summed E-state index contributed by atoms with van der Waals surface area (Å²) in [5.41, 5.74) is 6.11. The van der Waals surface area contributed by atoms with E-state index in [2.05, 4.69) is 21.2 Å². The maximum atomic E-state index is 11.7. The molecule has 1 atom stereocenters. The molecule has 0 fully saturated rings. The number of hydrogen-bond donors (Lipinski definition) is 3. The summed E-state index contributed by atoms with van der Waals surface area (Å²) >= 11 is 3.20. The van der Waals surface area contributed by atoms with Gasteiger partial charge in [-0.15, -0.1) is 0 Å².